The first-order chi connectivity index (χ1) is 28.4. The van der Waals surface area contributed by atoms with Gasteiger partial charge in [-0.15, -0.1) is 0 Å². The van der Waals surface area contributed by atoms with Crippen molar-refractivity contribution in [3.63, 3.8) is 0 Å². The maximum atomic E-state index is 12.8. The standard InChI is InChI=1S/C38H30O18S6/c1-21-3-5-23(15-33(21)57(39,40)41)25-7-11-29(35(17-25)59(45,46)47)31-13-9-27(19-37(31)61(51,52)53)28-10-14-32(38(20-28)62(54,55)56)30-12-8-26(18-36(30)60(48,49)50)24-6-4-22(2)34(16-24)58(42,43)44/h3-20H,1-2H3,(H,39,40,41)(H,42,43,44)(H,45,46,47)(H,48,49,50)(H,51,52,53)(H,54,55,56). The van der Waals surface area contributed by atoms with Crippen LogP contribution in [0.4, 0.5) is 0 Å². The molecule has 62 heavy (non-hydrogen) atoms. The average Bonchev–Trinajstić information content (AvgIpc) is 3.15. The highest BCUT2D eigenvalue weighted by molar-refractivity contribution is 7.87. The fourth-order valence-corrected chi connectivity index (χ4v) is 11.1. The zero-order valence-corrected chi connectivity index (χ0v) is 36.3. The summed E-state index contributed by atoms with van der Waals surface area (Å²) in [6.07, 6.45) is 0. The number of aryl methyl sites for hydroxylation is 2. The van der Waals surface area contributed by atoms with E-state index in [4.69, 9.17) is 0 Å². The van der Waals surface area contributed by atoms with Gasteiger partial charge in [-0.2, -0.15) is 50.5 Å². The fourth-order valence-electron chi connectivity index (χ4n) is 6.67. The molecule has 0 spiro atoms. The minimum Gasteiger partial charge on any atom is -0.282 e. The molecule has 18 nitrogen and oxygen atoms in total. The third-order valence-corrected chi connectivity index (χ3v) is 15.1. The Bertz CT molecular complexity index is 3340. The van der Waals surface area contributed by atoms with Crippen molar-refractivity contribution in [2.75, 3.05) is 0 Å². The predicted octanol–water partition coefficient (Wildman–Crippen LogP) is 6.12. The molecular formula is C38H30O18S6. The van der Waals surface area contributed by atoms with Crippen LogP contribution in [0.3, 0.4) is 0 Å². The van der Waals surface area contributed by atoms with E-state index in [9.17, 15) is 77.8 Å². The molecule has 326 valence electrons. The second kappa shape index (κ2) is 15.8. The molecule has 24 heteroatoms. The molecule has 0 saturated carbocycles. The topological polar surface area (TPSA) is 326 Å². The van der Waals surface area contributed by atoms with Gasteiger partial charge in [-0.25, -0.2) is 0 Å². The van der Waals surface area contributed by atoms with Crippen molar-refractivity contribution in [2.24, 2.45) is 0 Å². The molecule has 0 radical (unpaired) electrons. The lowest BCUT2D eigenvalue weighted by atomic mass is 9.95. The van der Waals surface area contributed by atoms with Gasteiger partial charge in [-0.3, -0.25) is 27.3 Å². The Labute approximate surface area is 355 Å². The highest BCUT2D eigenvalue weighted by Crippen LogP contribution is 2.41. The van der Waals surface area contributed by atoms with Crippen molar-refractivity contribution in [2.45, 2.75) is 43.2 Å². The van der Waals surface area contributed by atoms with E-state index in [1.807, 2.05) is 0 Å². The van der Waals surface area contributed by atoms with E-state index in [-0.39, 0.29) is 44.5 Å². The highest BCUT2D eigenvalue weighted by atomic mass is 32.2. The number of hydrogen-bond donors (Lipinski definition) is 6. The SMILES string of the molecule is Cc1ccc(-c2ccc(-c3ccc(-c4ccc(-c5ccc(-c6ccc(C)c(S(=O)(=O)O)c6)cc5S(=O)(=O)O)c(S(=O)(=O)O)c4)cc3S(=O)(=O)O)c(S(=O)(=O)O)c2)cc1S(=O)(=O)O. The Morgan fingerprint density at radius 3 is 0.597 bits per heavy atom. The molecule has 6 aromatic rings. The van der Waals surface area contributed by atoms with Crippen LogP contribution >= 0.6 is 0 Å². The molecule has 0 saturated heterocycles. The minimum atomic E-state index is -5.30. The molecule has 0 fully saturated rings. The molecule has 6 aromatic carbocycles. The first kappa shape index (κ1) is 46.3. The molecule has 0 aliphatic rings. The van der Waals surface area contributed by atoms with E-state index in [1.54, 1.807) is 0 Å². The van der Waals surface area contributed by atoms with Gasteiger partial charge in [0, 0.05) is 22.3 Å². The van der Waals surface area contributed by atoms with Crippen LogP contribution in [-0.4, -0.2) is 77.8 Å². The van der Waals surface area contributed by atoms with Gasteiger partial charge < -0.3 is 0 Å². The van der Waals surface area contributed by atoms with Crippen LogP contribution in [0.2, 0.25) is 0 Å². The lowest BCUT2D eigenvalue weighted by Crippen LogP contribution is -2.07. The zero-order valence-electron chi connectivity index (χ0n) is 31.4. The largest absolute Gasteiger partial charge is 0.295 e. The van der Waals surface area contributed by atoms with E-state index < -0.39 is 112 Å². The average molecular weight is 967 g/mol. The van der Waals surface area contributed by atoms with Gasteiger partial charge in [0.15, 0.2) is 0 Å². The van der Waals surface area contributed by atoms with Gasteiger partial charge >= 0.3 is 0 Å². The third kappa shape index (κ3) is 9.55. The Morgan fingerprint density at radius 1 is 0.258 bits per heavy atom. The van der Waals surface area contributed by atoms with Gasteiger partial charge in [-0.1, -0.05) is 72.8 Å². The van der Waals surface area contributed by atoms with E-state index in [0.717, 1.165) is 72.8 Å². The summed E-state index contributed by atoms with van der Waals surface area (Å²) in [5, 5.41) is 0. The number of rotatable bonds is 11. The molecular weight excluding hydrogens is 937 g/mol. The first-order valence-corrected chi connectivity index (χ1v) is 25.6. The summed E-state index contributed by atoms with van der Waals surface area (Å²) in [7, 11) is -30.5. The summed E-state index contributed by atoms with van der Waals surface area (Å²) in [6, 6.07) is 19.7. The van der Waals surface area contributed by atoms with Gasteiger partial charge in [0.05, 0.1) is 9.79 Å². The fraction of sp³-hybridized carbons (Fsp3) is 0.0526. The third-order valence-electron chi connectivity index (χ3n) is 9.55. The van der Waals surface area contributed by atoms with Crippen molar-refractivity contribution in [3.05, 3.63) is 120 Å². The van der Waals surface area contributed by atoms with Crippen LogP contribution in [0.1, 0.15) is 11.1 Å². The maximum Gasteiger partial charge on any atom is 0.295 e. The van der Waals surface area contributed by atoms with Gasteiger partial charge in [-0.05, 0) is 94.8 Å². The molecule has 0 aliphatic carbocycles. The molecule has 6 N–H and O–H groups in total. The van der Waals surface area contributed by atoms with E-state index in [2.05, 4.69) is 0 Å². The van der Waals surface area contributed by atoms with Crippen LogP contribution < -0.4 is 0 Å². The van der Waals surface area contributed by atoms with Gasteiger partial charge in [0.2, 0.25) is 0 Å². The predicted molar refractivity (Wildman–Crippen MR) is 222 cm³/mol. The van der Waals surface area contributed by atoms with E-state index in [0.29, 0.717) is 0 Å². The normalized spacial score (nSPS) is 13.0. The summed E-state index contributed by atoms with van der Waals surface area (Å²) in [5.41, 5.74) is -1.93. The molecule has 0 aromatic heterocycles. The van der Waals surface area contributed by atoms with Crippen LogP contribution in [-0.2, 0) is 60.7 Å². The quantitative estimate of drug-likeness (QED) is 0.0796. The van der Waals surface area contributed by atoms with Crippen molar-refractivity contribution < 1.29 is 77.8 Å². The smallest absolute Gasteiger partial charge is 0.282 e. The summed E-state index contributed by atoms with van der Waals surface area (Å²) in [5.74, 6) is 0. The van der Waals surface area contributed by atoms with E-state index >= 15 is 0 Å². The summed E-state index contributed by atoms with van der Waals surface area (Å²) in [6.45, 7) is 2.77. The number of hydrogen-bond acceptors (Lipinski definition) is 12. The zero-order chi connectivity index (χ0) is 46.1. The van der Waals surface area contributed by atoms with Gasteiger partial charge in [0.25, 0.3) is 60.7 Å². The monoisotopic (exact) mass is 966 g/mol. The van der Waals surface area contributed by atoms with Crippen LogP contribution in [0, 0.1) is 13.8 Å². The molecule has 0 unspecified atom stereocenters. The second-order valence-corrected chi connectivity index (χ2v) is 22.0. The molecule has 0 bridgehead atoms. The summed E-state index contributed by atoms with van der Waals surface area (Å²) in [4.78, 5) is -4.74. The van der Waals surface area contributed by atoms with Crippen molar-refractivity contribution in [1.29, 1.82) is 0 Å². The Morgan fingerprint density at radius 2 is 0.419 bits per heavy atom. The Hall–Kier alpha value is -5.22. The van der Waals surface area contributed by atoms with Crippen LogP contribution in [0.5, 0.6) is 0 Å². The van der Waals surface area contributed by atoms with E-state index in [1.165, 1.54) is 50.2 Å². The molecule has 0 atom stereocenters. The molecule has 0 amide bonds. The van der Waals surface area contributed by atoms with Crippen molar-refractivity contribution in [3.8, 4) is 55.6 Å². The maximum absolute atomic E-state index is 12.8. The summed E-state index contributed by atoms with van der Waals surface area (Å²) < 4.78 is 210. The summed E-state index contributed by atoms with van der Waals surface area (Å²) >= 11 is 0. The van der Waals surface area contributed by atoms with Crippen LogP contribution in [0.25, 0.3) is 55.6 Å². The number of benzene rings is 6. The van der Waals surface area contributed by atoms with Crippen molar-refractivity contribution >= 4 is 60.7 Å². The first-order valence-electron chi connectivity index (χ1n) is 17.0. The van der Waals surface area contributed by atoms with Crippen molar-refractivity contribution in [1.82, 2.24) is 0 Å². The second-order valence-electron chi connectivity index (χ2n) is 13.7. The Balaban J connectivity index is 1.51. The lowest BCUT2D eigenvalue weighted by molar-refractivity contribution is 0.480. The molecule has 6 rings (SSSR count). The van der Waals surface area contributed by atoms with Crippen LogP contribution in [0.15, 0.2) is 139 Å². The van der Waals surface area contributed by atoms with Gasteiger partial charge in [0.1, 0.15) is 19.6 Å². The molecule has 0 heterocycles. The lowest BCUT2D eigenvalue weighted by Gasteiger charge is -2.16. The Kier molecular flexibility index (Phi) is 11.8. The minimum absolute atomic E-state index is 0.0117. The highest BCUT2D eigenvalue weighted by Gasteiger charge is 2.28. The molecule has 0 aliphatic heterocycles.